The normalized spacial score (nSPS) is 21.1. The van der Waals surface area contributed by atoms with Crippen molar-refractivity contribution in [3.8, 4) is 0 Å². The van der Waals surface area contributed by atoms with Crippen molar-refractivity contribution in [3.63, 3.8) is 0 Å². The Kier molecular flexibility index (Phi) is 1.85. The minimum Gasteiger partial charge on any atom is -0.324 e. The highest BCUT2D eigenvalue weighted by Gasteiger charge is 2.22. The first-order valence-electron chi connectivity index (χ1n) is 4.23. The molecule has 0 spiro atoms. The van der Waals surface area contributed by atoms with Crippen LogP contribution in [-0.2, 0) is 6.42 Å². The minimum atomic E-state index is 0.160. The highest BCUT2D eigenvalue weighted by molar-refractivity contribution is 6.32. The van der Waals surface area contributed by atoms with Crippen molar-refractivity contribution >= 4 is 11.6 Å². The summed E-state index contributed by atoms with van der Waals surface area (Å²) in [6.07, 6.45) is 2.12. The zero-order valence-electron chi connectivity index (χ0n) is 7.10. The average molecular weight is 182 g/mol. The predicted molar refractivity (Wildman–Crippen MR) is 51.4 cm³/mol. The zero-order valence-corrected chi connectivity index (χ0v) is 7.86. The molecule has 2 heteroatoms. The third kappa shape index (κ3) is 1.05. The molecule has 0 saturated carbocycles. The fraction of sp³-hybridized carbons (Fsp3) is 0.400. The number of nitrogens with two attached hydrogens (primary N) is 1. The van der Waals surface area contributed by atoms with E-state index in [0.717, 1.165) is 23.4 Å². The molecule has 2 rings (SSSR count). The van der Waals surface area contributed by atoms with Crippen molar-refractivity contribution in [3.05, 3.63) is 33.8 Å². The molecule has 0 aromatic heterocycles. The van der Waals surface area contributed by atoms with Gasteiger partial charge in [0.2, 0.25) is 0 Å². The molecule has 0 aliphatic heterocycles. The molecule has 64 valence electrons. The third-order valence-electron chi connectivity index (χ3n) is 2.56. The van der Waals surface area contributed by atoms with Crippen LogP contribution in [-0.4, -0.2) is 0 Å². The van der Waals surface area contributed by atoms with E-state index in [1.54, 1.807) is 0 Å². The maximum Gasteiger partial charge on any atom is 0.0485 e. The Hall–Kier alpha value is -0.530. The summed E-state index contributed by atoms with van der Waals surface area (Å²) in [5.41, 5.74) is 9.57. The van der Waals surface area contributed by atoms with E-state index in [1.807, 2.05) is 6.92 Å². The number of aryl methyl sites for hydroxylation is 2. The molecular formula is C10H12ClN. The maximum absolute atomic E-state index is 6.15. The van der Waals surface area contributed by atoms with E-state index in [9.17, 15) is 0 Å². The van der Waals surface area contributed by atoms with Gasteiger partial charge in [0, 0.05) is 11.1 Å². The Morgan fingerprint density at radius 1 is 1.50 bits per heavy atom. The van der Waals surface area contributed by atoms with Gasteiger partial charge in [0.15, 0.2) is 0 Å². The van der Waals surface area contributed by atoms with Crippen molar-refractivity contribution in [1.29, 1.82) is 0 Å². The quantitative estimate of drug-likeness (QED) is 0.654. The van der Waals surface area contributed by atoms with Crippen LogP contribution in [0.3, 0.4) is 0 Å². The molecule has 1 aromatic rings. The van der Waals surface area contributed by atoms with Gasteiger partial charge >= 0.3 is 0 Å². The van der Waals surface area contributed by atoms with Crippen LogP contribution in [0.25, 0.3) is 0 Å². The molecule has 1 atom stereocenters. The van der Waals surface area contributed by atoms with E-state index in [2.05, 4.69) is 12.1 Å². The first-order chi connectivity index (χ1) is 5.70. The van der Waals surface area contributed by atoms with E-state index in [4.69, 9.17) is 17.3 Å². The molecule has 1 aliphatic rings. The summed E-state index contributed by atoms with van der Waals surface area (Å²) in [5.74, 6) is 0. The number of hydrogen-bond acceptors (Lipinski definition) is 1. The molecule has 0 heterocycles. The molecule has 1 nitrogen and oxygen atoms in total. The first kappa shape index (κ1) is 8.09. The Morgan fingerprint density at radius 2 is 2.25 bits per heavy atom. The van der Waals surface area contributed by atoms with Crippen LogP contribution in [0.4, 0.5) is 0 Å². The largest absolute Gasteiger partial charge is 0.324 e. The van der Waals surface area contributed by atoms with Crippen LogP contribution in [0.5, 0.6) is 0 Å². The van der Waals surface area contributed by atoms with Gasteiger partial charge in [0.05, 0.1) is 0 Å². The van der Waals surface area contributed by atoms with Gasteiger partial charge in [-0.15, -0.1) is 0 Å². The minimum absolute atomic E-state index is 0.160. The number of fused-ring (bicyclic) bond motifs is 1. The molecule has 0 saturated heterocycles. The second kappa shape index (κ2) is 2.75. The smallest absolute Gasteiger partial charge is 0.0485 e. The Bertz CT molecular complexity index is 320. The highest BCUT2D eigenvalue weighted by Crippen LogP contribution is 2.36. The average Bonchev–Trinajstić information content (AvgIpc) is 2.41. The van der Waals surface area contributed by atoms with Gasteiger partial charge in [-0.1, -0.05) is 23.7 Å². The molecular weight excluding hydrogens is 170 g/mol. The van der Waals surface area contributed by atoms with Crippen molar-refractivity contribution in [2.24, 2.45) is 5.73 Å². The van der Waals surface area contributed by atoms with Crippen LogP contribution in [0, 0.1) is 6.92 Å². The summed E-state index contributed by atoms with van der Waals surface area (Å²) in [7, 11) is 0. The van der Waals surface area contributed by atoms with Crippen molar-refractivity contribution in [2.45, 2.75) is 25.8 Å². The standard InChI is InChI=1S/C10H12ClN/c1-6-2-3-7-4-5-8(12)9(7)10(6)11/h2-3,8H,4-5,12H2,1H3/t8-/m1/s1. The summed E-state index contributed by atoms with van der Waals surface area (Å²) in [5, 5.41) is 0.873. The monoisotopic (exact) mass is 181 g/mol. The summed E-state index contributed by atoms with van der Waals surface area (Å²) in [4.78, 5) is 0. The van der Waals surface area contributed by atoms with Gasteiger partial charge in [0.1, 0.15) is 0 Å². The zero-order chi connectivity index (χ0) is 8.72. The van der Waals surface area contributed by atoms with Gasteiger partial charge in [-0.2, -0.15) is 0 Å². The third-order valence-corrected chi connectivity index (χ3v) is 3.06. The Labute approximate surface area is 77.5 Å². The summed E-state index contributed by atoms with van der Waals surface area (Å²) >= 11 is 6.15. The second-order valence-corrected chi connectivity index (χ2v) is 3.79. The molecule has 12 heavy (non-hydrogen) atoms. The summed E-state index contributed by atoms with van der Waals surface area (Å²) in [6, 6.07) is 4.37. The number of hydrogen-bond donors (Lipinski definition) is 1. The van der Waals surface area contributed by atoms with Crippen LogP contribution in [0.15, 0.2) is 12.1 Å². The van der Waals surface area contributed by atoms with Gasteiger partial charge in [-0.3, -0.25) is 0 Å². The Balaban J connectivity index is 2.63. The summed E-state index contributed by atoms with van der Waals surface area (Å²) < 4.78 is 0. The molecule has 0 unspecified atom stereocenters. The number of benzene rings is 1. The van der Waals surface area contributed by atoms with Crippen LogP contribution >= 0.6 is 11.6 Å². The Morgan fingerprint density at radius 3 is 3.00 bits per heavy atom. The lowest BCUT2D eigenvalue weighted by atomic mass is 10.1. The maximum atomic E-state index is 6.15. The highest BCUT2D eigenvalue weighted by atomic mass is 35.5. The molecule has 1 aliphatic carbocycles. The molecule has 0 amide bonds. The van der Waals surface area contributed by atoms with Gasteiger partial charge in [-0.05, 0) is 36.5 Å². The van der Waals surface area contributed by atoms with Gasteiger partial charge in [-0.25, -0.2) is 0 Å². The number of rotatable bonds is 0. The molecule has 1 aromatic carbocycles. The van der Waals surface area contributed by atoms with Gasteiger partial charge in [0.25, 0.3) is 0 Å². The molecule has 2 N–H and O–H groups in total. The van der Waals surface area contributed by atoms with E-state index in [0.29, 0.717) is 0 Å². The number of halogens is 1. The van der Waals surface area contributed by atoms with E-state index < -0.39 is 0 Å². The fourth-order valence-electron chi connectivity index (χ4n) is 1.82. The van der Waals surface area contributed by atoms with Gasteiger partial charge < -0.3 is 5.73 Å². The van der Waals surface area contributed by atoms with Crippen molar-refractivity contribution in [1.82, 2.24) is 0 Å². The van der Waals surface area contributed by atoms with Crippen LogP contribution < -0.4 is 5.73 Å². The lowest BCUT2D eigenvalue weighted by Crippen LogP contribution is -2.06. The first-order valence-corrected chi connectivity index (χ1v) is 4.61. The van der Waals surface area contributed by atoms with Crippen molar-refractivity contribution in [2.75, 3.05) is 0 Å². The summed E-state index contributed by atoms with van der Waals surface area (Å²) in [6.45, 7) is 2.02. The lowest BCUT2D eigenvalue weighted by molar-refractivity contribution is 0.713. The van der Waals surface area contributed by atoms with E-state index in [-0.39, 0.29) is 6.04 Å². The fourth-order valence-corrected chi connectivity index (χ4v) is 2.14. The SMILES string of the molecule is Cc1ccc2c(c1Cl)[C@H](N)CC2. The lowest BCUT2D eigenvalue weighted by Gasteiger charge is -2.09. The molecule has 0 bridgehead atoms. The molecule has 0 radical (unpaired) electrons. The van der Waals surface area contributed by atoms with Crippen LogP contribution in [0.1, 0.15) is 29.2 Å². The van der Waals surface area contributed by atoms with E-state index in [1.165, 1.54) is 11.1 Å². The van der Waals surface area contributed by atoms with E-state index >= 15 is 0 Å². The van der Waals surface area contributed by atoms with Crippen molar-refractivity contribution < 1.29 is 0 Å². The topological polar surface area (TPSA) is 26.0 Å². The van der Waals surface area contributed by atoms with Crippen LogP contribution in [0.2, 0.25) is 5.02 Å². The molecule has 0 fully saturated rings. The predicted octanol–water partition coefficient (Wildman–Crippen LogP) is 2.59. The second-order valence-electron chi connectivity index (χ2n) is 3.41.